The van der Waals surface area contributed by atoms with E-state index < -0.39 is 0 Å². The zero-order chi connectivity index (χ0) is 29.8. The first-order chi connectivity index (χ1) is 20.7. The summed E-state index contributed by atoms with van der Waals surface area (Å²) in [5, 5.41) is 0. The van der Waals surface area contributed by atoms with Crippen LogP contribution < -0.4 is 57.1 Å². The van der Waals surface area contributed by atoms with Crippen molar-refractivity contribution in [1.29, 1.82) is 0 Å². The van der Waals surface area contributed by atoms with E-state index in [1.807, 2.05) is 0 Å². The summed E-state index contributed by atoms with van der Waals surface area (Å²) in [5.41, 5.74) is 5.57. The Kier molecular flexibility index (Phi) is 26.1. The maximum absolute atomic E-state index is 2.45. The molecular formula is C38H64I2N4O. The van der Waals surface area contributed by atoms with Gasteiger partial charge in [0.15, 0.2) is 22.1 Å². The number of nitrogens with zero attached hydrogens (tertiary/aromatic N) is 4. The molecule has 0 aliphatic rings. The van der Waals surface area contributed by atoms with Crippen LogP contribution in [0.3, 0.4) is 0 Å². The molecule has 0 fully saturated rings. The van der Waals surface area contributed by atoms with Crippen molar-refractivity contribution in [2.75, 3.05) is 0 Å². The Morgan fingerprint density at radius 2 is 0.778 bits per heavy atom. The van der Waals surface area contributed by atoms with Gasteiger partial charge in [0.1, 0.15) is 0 Å². The summed E-state index contributed by atoms with van der Waals surface area (Å²) < 4.78 is 9.80. The van der Waals surface area contributed by atoms with E-state index in [-0.39, 0.29) is 53.4 Å². The Labute approximate surface area is 309 Å². The van der Waals surface area contributed by atoms with Crippen LogP contribution in [0.5, 0.6) is 0 Å². The van der Waals surface area contributed by atoms with Crippen molar-refractivity contribution in [1.82, 2.24) is 9.13 Å². The quantitative estimate of drug-likeness (QED) is 0.0746. The molecular weight excluding hydrogens is 782 g/mol. The van der Waals surface area contributed by atoms with Crippen molar-refractivity contribution in [3.63, 3.8) is 0 Å². The average molecular weight is 847 g/mol. The van der Waals surface area contributed by atoms with Gasteiger partial charge in [0.2, 0.25) is 12.7 Å². The molecule has 45 heavy (non-hydrogen) atoms. The minimum absolute atomic E-state index is 0. The summed E-state index contributed by atoms with van der Waals surface area (Å²) in [5.74, 6) is 0. The van der Waals surface area contributed by atoms with Gasteiger partial charge in [-0.3, -0.25) is 0 Å². The molecule has 2 aromatic heterocycles. The molecule has 0 aliphatic carbocycles. The first-order valence-electron chi connectivity index (χ1n) is 17.7. The van der Waals surface area contributed by atoms with Gasteiger partial charge in [-0.25, -0.2) is 18.3 Å². The molecule has 5 nitrogen and oxygen atoms in total. The normalized spacial score (nSPS) is 10.6. The SMILES string of the molecule is CCCCCCn1c[n+](CCCCCC)c2ccccc21.CCCCCCn1c[n+](CCCCCC)c2ccccc21.O.[I-].[I-]. The summed E-state index contributed by atoms with van der Waals surface area (Å²) in [4.78, 5) is 0. The zero-order valence-electron chi connectivity index (χ0n) is 29.0. The number of benzene rings is 2. The number of hydrogen-bond acceptors (Lipinski definition) is 0. The standard InChI is InChI=1S/2C19H31N2.2HI.H2O/c2*1-3-5-7-11-15-20-17-21(16-12-8-6-4-2)19-14-10-9-13-18(19)20;;;/h2*9-10,13-14,17H,3-8,11-12,15-16H2,1-2H3;2*1H;1H2/q2*+1;;;/p-2. The highest BCUT2D eigenvalue weighted by molar-refractivity contribution is 5.72. The number of rotatable bonds is 20. The predicted molar refractivity (Wildman–Crippen MR) is 184 cm³/mol. The van der Waals surface area contributed by atoms with Gasteiger partial charge >= 0.3 is 0 Å². The van der Waals surface area contributed by atoms with Gasteiger partial charge in [0.25, 0.3) is 0 Å². The first-order valence-corrected chi connectivity index (χ1v) is 17.7. The van der Waals surface area contributed by atoms with Crippen molar-refractivity contribution in [3.05, 3.63) is 61.2 Å². The van der Waals surface area contributed by atoms with E-state index in [4.69, 9.17) is 0 Å². The van der Waals surface area contributed by atoms with Gasteiger partial charge in [0, 0.05) is 0 Å². The Hall–Kier alpha value is -1.20. The van der Waals surface area contributed by atoms with E-state index in [0.717, 1.165) is 26.2 Å². The summed E-state index contributed by atoms with van der Waals surface area (Å²) in [6.45, 7) is 13.7. The number of fused-ring (bicyclic) bond motifs is 2. The second kappa shape index (κ2) is 26.8. The largest absolute Gasteiger partial charge is 1.00 e. The van der Waals surface area contributed by atoms with Crippen molar-refractivity contribution >= 4 is 22.1 Å². The predicted octanol–water partition coefficient (Wildman–Crippen LogP) is 3.36. The number of unbranched alkanes of at least 4 members (excludes halogenated alkanes) is 12. The number of para-hydroxylation sites is 4. The molecule has 0 atom stereocenters. The molecule has 0 bridgehead atoms. The average Bonchev–Trinajstić information content (AvgIpc) is 3.56. The molecule has 0 spiro atoms. The lowest BCUT2D eigenvalue weighted by atomic mass is 10.2. The summed E-state index contributed by atoms with van der Waals surface area (Å²) in [7, 11) is 0. The van der Waals surface area contributed by atoms with Gasteiger partial charge in [-0.1, -0.05) is 103 Å². The molecule has 0 aliphatic heterocycles. The first kappa shape index (κ1) is 43.8. The lowest BCUT2D eigenvalue weighted by Crippen LogP contribution is -3.00. The van der Waals surface area contributed by atoms with Crippen molar-refractivity contribution in [2.24, 2.45) is 0 Å². The molecule has 0 saturated heterocycles. The fourth-order valence-electron chi connectivity index (χ4n) is 6.03. The van der Waals surface area contributed by atoms with Crippen LogP contribution in [0, 0.1) is 0 Å². The third kappa shape index (κ3) is 15.1. The Balaban J connectivity index is 0.000000807. The van der Waals surface area contributed by atoms with Crippen LogP contribution in [0.25, 0.3) is 22.1 Å². The lowest BCUT2D eigenvalue weighted by molar-refractivity contribution is -0.672. The second-order valence-corrected chi connectivity index (χ2v) is 12.2. The number of halogens is 2. The van der Waals surface area contributed by atoms with Crippen LogP contribution in [0.4, 0.5) is 0 Å². The molecule has 7 heteroatoms. The van der Waals surface area contributed by atoms with Crippen LogP contribution in [0.15, 0.2) is 61.2 Å². The van der Waals surface area contributed by atoms with Crippen molar-refractivity contribution in [3.8, 4) is 0 Å². The number of imidazole rings is 2. The van der Waals surface area contributed by atoms with Crippen LogP contribution in [0.1, 0.15) is 130 Å². The molecule has 0 amide bonds. The lowest BCUT2D eigenvalue weighted by Gasteiger charge is -1.98. The molecule has 0 unspecified atom stereocenters. The number of hydrogen-bond donors (Lipinski definition) is 0. The maximum Gasteiger partial charge on any atom is 0.244 e. The highest BCUT2D eigenvalue weighted by atomic mass is 127. The molecule has 0 radical (unpaired) electrons. The summed E-state index contributed by atoms with van der Waals surface area (Å²) in [6, 6.07) is 17.7. The monoisotopic (exact) mass is 846 g/mol. The highest BCUT2D eigenvalue weighted by Crippen LogP contribution is 2.15. The van der Waals surface area contributed by atoms with E-state index in [1.54, 1.807) is 0 Å². The smallest absolute Gasteiger partial charge is 0.244 e. The topological polar surface area (TPSA) is 49.1 Å². The molecule has 2 heterocycles. The molecule has 4 aromatic rings. The molecule has 0 saturated carbocycles. The van der Waals surface area contributed by atoms with Crippen molar-refractivity contribution in [2.45, 2.75) is 157 Å². The fraction of sp³-hybridized carbons (Fsp3) is 0.632. The molecule has 2 N–H and O–H groups in total. The van der Waals surface area contributed by atoms with Crippen molar-refractivity contribution < 1.29 is 62.6 Å². The highest BCUT2D eigenvalue weighted by Gasteiger charge is 2.15. The van der Waals surface area contributed by atoms with Gasteiger partial charge in [0.05, 0.1) is 26.2 Å². The van der Waals surface area contributed by atoms with E-state index in [2.05, 4.69) is 107 Å². The van der Waals surface area contributed by atoms with Crippen LogP contribution in [-0.2, 0) is 26.2 Å². The van der Waals surface area contributed by atoms with Crippen LogP contribution in [-0.4, -0.2) is 14.6 Å². The Morgan fingerprint density at radius 3 is 1.13 bits per heavy atom. The fourth-order valence-corrected chi connectivity index (χ4v) is 6.03. The minimum Gasteiger partial charge on any atom is -1.00 e. The Morgan fingerprint density at radius 1 is 0.444 bits per heavy atom. The van der Waals surface area contributed by atoms with Gasteiger partial charge in [-0.2, -0.15) is 0 Å². The van der Waals surface area contributed by atoms with E-state index in [9.17, 15) is 0 Å². The van der Waals surface area contributed by atoms with E-state index >= 15 is 0 Å². The van der Waals surface area contributed by atoms with E-state index in [1.165, 1.54) is 125 Å². The number of aromatic nitrogens is 4. The van der Waals surface area contributed by atoms with E-state index in [0.29, 0.717) is 0 Å². The second-order valence-electron chi connectivity index (χ2n) is 12.2. The molecule has 2 aromatic carbocycles. The summed E-state index contributed by atoms with van der Waals surface area (Å²) in [6.07, 6.45) is 25.9. The third-order valence-corrected chi connectivity index (χ3v) is 8.57. The van der Waals surface area contributed by atoms with Crippen LogP contribution in [0.2, 0.25) is 0 Å². The molecule has 256 valence electrons. The summed E-state index contributed by atoms with van der Waals surface area (Å²) >= 11 is 0. The van der Waals surface area contributed by atoms with Crippen LogP contribution >= 0.6 is 0 Å². The van der Waals surface area contributed by atoms with Gasteiger partial charge < -0.3 is 53.4 Å². The third-order valence-electron chi connectivity index (χ3n) is 8.57. The Bertz CT molecular complexity index is 1080. The molecule has 4 rings (SSSR count). The minimum atomic E-state index is 0. The van der Waals surface area contributed by atoms with Gasteiger partial charge in [-0.15, -0.1) is 0 Å². The van der Waals surface area contributed by atoms with Gasteiger partial charge in [-0.05, 0) is 75.6 Å². The zero-order valence-corrected chi connectivity index (χ0v) is 33.3. The maximum atomic E-state index is 2.45. The number of aryl methyl sites for hydroxylation is 4.